The number of nitrogens with zero attached hydrogens (tertiary/aromatic N) is 1. The van der Waals surface area contributed by atoms with Gasteiger partial charge in [-0.05, 0) is 29.7 Å². The van der Waals surface area contributed by atoms with Crippen molar-refractivity contribution in [2.24, 2.45) is 5.18 Å². The van der Waals surface area contributed by atoms with Crippen LogP contribution >= 0.6 is 0 Å². The van der Waals surface area contributed by atoms with Gasteiger partial charge in [-0.2, -0.15) is 4.91 Å². The Morgan fingerprint density at radius 1 is 1.12 bits per heavy atom. The average Bonchev–Trinajstić information content (AvgIpc) is 2.99. The van der Waals surface area contributed by atoms with Crippen molar-refractivity contribution in [3.8, 4) is 11.5 Å². The zero-order chi connectivity index (χ0) is 17.3. The molecule has 0 aliphatic carbocycles. The lowest BCUT2D eigenvalue weighted by Crippen LogP contribution is -2.13. The molecular formula is C15H13N3O5S. The van der Waals surface area contributed by atoms with Crippen LogP contribution in [0.4, 0.5) is 5.69 Å². The smallest absolute Gasteiger partial charge is 0.262 e. The molecule has 8 nitrogen and oxygen atoms in total. The fraction of sp³-hybridized carbons (Fsp3) is 0.0667. The number of hydrogen-bond acceptors (Lipinski definition) is 6. The van der Waals surface area contributed by atoms with E-state index in [-0.39, 0.29) is 10.5 Å². The summed E-state index contributed by atoms with van der Waals surface area (Å²) in [6.45, 7) is -0.461. The Morgan fingerprint density at radius 2 is 1.92 bits per heavy atom. The number of nitroso groups, excluding NO2 is 1. The standard InChI is InChI=1S/C15H13N3O5S/c19-14-7-12(5-10(8-17-21)15(14)20)24(22,23)18-11-2-1-9-3-4-16-13(9)6-11/h1-7,16,18-20H,8H2. The molecule has 0 bridgehead atoms. The van der Waals surface area contributed by atoms with E-state index in [9.17, 15) is 23.5 Å². The first-order valence-electron chi connectivity index (χ1n) is 6.84. The number of aromatic hydroxyl groups is 2. The number of nitrogens with one attached hydrogen (secondary N) is 2. The third-order valence-corrected chi connectivity index (χ3v) is 4.86. The Kier molecular flexibility index (Phi) is 3.86. The molecule has 0 unspecified atom stereocenters. The van der Waals surface area contributed by atoms with Crippen molar-refractivity contribution in [1.29, 1.82) is 0 Å². The van der Waals surface area contributed by atoms with Crippen LogP contribution in [0, 0.1) is 4.91 Å². The molecule has 124 valence electrons. The van der Waals surface area contributed by atoms with Gasteiger partial charge in [-0.3, -0.25) is 4.72 Å². The number of anilines is 1. The van der Waals surface area contributed by atoms with Crippen molar-refractivity contribution < 1.29 is 18.6 Å². The van der Waals surface area contributed by atoms with E-state index in [1.165, 1.54) is 0 Å². The summed E-state index contributed by atoms with van der Waals surface area (Å²) in [7, 11) is -4.02. The van der Waals surface area contributed by atoms with E-state index in [4.69, 9.17) is 0 Å². The van der Waals surface area contributed by atoms with E-state index in [1.807, 2.05) is 6.07 Å². The summed E-state index contributed by atoms with van der Waals surface area (Å²) in [6, 6.07) is 8.82. The van der Waals surface area contributed by atoms with Gasteiger partial charge in [0.2, 0.25) is 0 Å². The van der Waals surface area contributed by atoms with E-state index >= 15 is 0 Å². The third-order valence-electron chi connectivity index (χ3n) is 3.49. The molecule has 0 fully saturated rings. The lowest BCUT2D eigenvalue weighted by atomic mass is 10.2. The fourth-order valence-electron chi connectivity index (χ4n) is 2.32. The zero-order valence-corrected chi connectivity index (χ0v) is 13.0. The van der Waals surface area contributed by atoms with Crippen LogP contribution in [0.5, 0.6) is 11.5 Å². The number of rotatable bonds is 5. The highest BCUT2D eigenvalue weighted by molar-refractivity contribution is 7.92. The van der Waals surface area contributed by atoms with E-state index in [2.05, 4.69) is 14.9 Å². The SMILES string of the molecule is O=NCc1cc(S(=O)(=O)Nc2ccc3cc[nH]c3c2)cc(O)c1O. The molecule has 0 saturated carbocycles. The summed E-state index contributed by atoms with van der Waals surface area (Å²) in [4.78, 5) is 13.1. The molecule has 4 N–H and O–H groups in total. The highest BCUT2D eigenvalue weighted by atomic mass is 32.2. The molecule has 0 aliphatic rings. The second-order valence-corrected chi connectivity index (χ2v) is 6.80. The van der Waals surface area contributed by atoms with Crippen LogP contribution < -0.4 is 4.72 Å². The summed E-state index contributed by atoms with van der Waals surface area (Å²) >= 11 is 0. The lowest BCUT2D eigenvalue weighted by molar-refractivity contribution is 0.398. The van der Waals surface area contributed by atoms with Crippen molar-refractivity contribution in [2.45, 2.75) is 11.4 Å². The largest absolute Gasteiger partial charge is 0.504 e. The van der Waals surface area contributed by atoms with E-state index in [1.54, 1.807) is 24.4 Å². The molecule has 9 heteroatoms. The number of fused-ring (bicyclic) bond motifs is 1. The Labute approximate surface area is 136 Å². The van der Waals surface area contributed by atoms with Crippen molar-refractivity contribution in [2.75, 3.05) is 4.72 Å². The maximum absolute atomic E-state index is 12.5. The number of phenolic OH excluding ortho intramolecular Hbond substituents is 2. The molecule has 24 heavy (non-hydrogen) atoms. The Balaban J connectivity index is 1.99. The van der Waals surface area contributed by atoms with Crippen molar-refractivity contribution >= 4 is 26.6 Å². The van der Waals surface area contributed by atoms with E-state index in [0.717, 1.165) is 23.0 Å². The molecule has 0 radical (unpaired) electrons. The van der Waals surface area contributed by atoms with Crippen LogP contribution in [-0.4, -0.2) is 23.6 Å². The van der Waals surface area contributed by atoms with Gasteiger partial charge in [0.15, 0.2) is 11.5 Å². The fourth-order valence-corrected chi connectivity index (χ4v) is 3.44. The minimum absolute atomic E-state index is 0.0785. The molecule has 0 atom stereocenters. The second-order valence-electron chi connectivity index (χ2n) is 5.12. The second kappa shape index (κ2) is 5.85. The number of sulfonamides is 1. The van der Waals surface area contributed by atoms with E-state index < -0.39 is 28.1 Å². The van der Waals surface area contributed by atoms with Crippen LogP contribution in [0.2, 0.25) is 0 Å². The van der Waals surface area contributed by atoms with Crippen molar-refractivity contribution in [3.63, 3.8) is 0 Å². The van der Waals surface area contributed by atoms with Crippen LogP contribution in [0.3, 0.4) is 0 Å². The Hall–Kier alpha value is -3.07. The summed E-state index contributed by atoms with van der Waals surface area (Å²) in [5, 5.41) is 22.8. The molecule has 0 amide bonds. The molecule has 0 aliphatic heterocycles. The predicted octanol–water partition coefficient (Wildman–Crippen LogP) is 2.65. The van der Waals surface area contributed by atoms with Gasteiger partial charge in [0, 0.05) is 23.3 Å². The molecule has 3 aromatic rings. The summed E-state index contributed by atoms with van der Waals surface area (Å²) in [5.41, 5.74) is 1.01. The maximum Gasteiger partial charge on any atom is 0.262 e. The average molecular weight is 347 g/mol. The molecule has 1 heterocycles. The number of H-pyrrole nitrogens is 1. The molecule has 2 aromatic carbocycles. The van der Waals surface area contributed by atoms with Gasteiger partial charge < -0.3 is 15.2 Å². The number of aromatic nitrogens is 1. The quantitative estimate of drug-likeness (QED) is 0.416. The number of hydrogen-bond donors (Lipinski definition) is 4. The Bertz CT molecular complexity index is 1030. The minimum Gasteiger partial charge on any atom is -0.504 e. The van der Waals surface area contributed by atoms with Crippen LogP contribution in [0.15, 0.2) is 52.7 Å². The molecule has 1 aromatic heterocycles. The van der Waals surface area contributed by atoms with Gasteiger partial charge in [-0.25, -0.2) is 8.42 Å². The van der Waals surface area contributed by atoms with E-state index in [0.29, 0.717) is 5.69 Å². The van der Waals surface area contributed by atoms with Gasteiger partial charge in [0.1, 0.15) is 6.54 Å². The van der Waals surface area contributed by atoms with Gasteiger partial charge in [0.05, 0.1) is 10.6 Å². The first-order chi connectivity index (χ1) is 11.4. The topological polar surface area (TPSA) is 132 Å². The first-order valence-corrected chi connectivity index (χ1v) is 8.33. The third kappa shape index (κ3) is 2.88. The maximum atomic E-state index is 12.5. The van der Waals surface area contributed by atoms with Gasteiger partial charge in [-0.15, -0.1) is 0 Å². The molecule has 3 rings (SSSR count). The van der Waals surface area contributed by atoms with Crippen molar-refractivity contribution in [1.82, 2.24) is 4.98 Å². The number of benzene rings is 2. The predicted molar refractivity (Wildman–Crippen MR) is 88.4 cm³/mol. The van der Waals surface area contributed by atoms with Gasteiger partial charge in [-0.1, -0.05) is 11.2 Å². The molecular weight excluding hydrogens is 334 g/mol. The lowest BCUT2D eigenvalue weighted by Gasteiger charge is -2.11. The highest BCUT2D eigenvalue weighted by Crippen LogP contribution is 2.33. The Morgan fingerprint density at radius 3 is 2.67 bits per heavy atom. The summed E-state index contributed by atoms with van der Waals surface area (Å²) < 4.78 is 27.3. The zero-order valence-electron chi connectivity index (χ0n) is 12.2. The van der Waals surface area contributed by atoms with Crippen LogP contribution in [-0.2, 0) is 16.6 Å². The van der Waals surface area contributed by atoms with Crippen LogP contribution in [0.25, 0.3) is 10.9 Å². The van der Waals surface area contributed by atoms with Gasteiger partial charge in [0.25, 0.3) is 10.0 Å². The van der Waals surface area contributed by atoms with Crippen molar-refractivity contribution in [3.05, 3.63) is 53.1 Å². The van der Waals surface area contributed by atoms with Gasteiger partial charge >= 0.3 is 0 Å². The first kappa shape index (κ1) is 15.8. The monoisotopic (exact) mass is 347 g/mol. The normalized spacial score (nSPS) is 11.5. The summed E-state index contributed by atoms with van der Waals surface area (Å²) in [5.74, 6) is -1.21. The highest BCUT2D eigenvalue weighted by Gasteiger charge is 2.19. The molecule has 0 spiro atoms. The van der Waals surface area contributed by atoms with Crippen LogP contribution in [0.1, 0.15) is 5.56 Å². The number of aromatic amines is 1. The minimum atomic E-state index is -4.02. The summed E-state index contributed by atoms with van der Waals surface area (Å²) in [6.07, 6.45) is 1.74. The molecule has 0 saturated heterocycles. The number of phenols is 2.